The van der Waals surface area contributed by atoms with Crippen molar-refractivity contribution in [1.82, 2.24) is 4.90 Å². The standard InChI is InChI=1S/C22H26N2O2/c1-4-15-7-5-6-8-16(15)13-21(25)26-17-9-10-20-19(14-17)18-11-12-23(2)22(18)24(20)3/h5-10,14,18,22H,4,11-13H2,1-3H3. The Hall–Kier alpha value is -2.33. The third-order valence-corrected chi connectivity index (χ3v) is 5.85. The molecule has 2 unspecified atom stereocenters. The average Bonchev–Trinajstić information content (AvgIpc) is 3.15. The van der Waals surface area contributed by atoms with E-state index < -0.39 is 0 Å². The fraction of sp³-hybridized carbons (Fsp3) is 0.409. The molecule has 2 aliphatic heterocycles. The van der Waals surface area contributed by atoms with E-state index >= 15 is 0 Å². The molecule has 0 amide bonds. The first-order valence-corrected chi connectivity index (χ1v) is 9.43. The van der Waals surface area contributed by atoms with E-state index in [1.54, 1.807) is 0 Å². The van der Waals surface area contributed by atoms with Gasteiger partial charge in [-0.05, 0) is 54.8 Å². The number of nitrogens with zero attached hydrogens (tertiary/aromatic N) is 2. The number of likely N-dealkylation sites (N-methyl/N-ethyl adjacent to an activating group) is 2. The minimum atomic E-state index is -0.197. The van der Waals surface area contributed by atoms with Crippen LogP contribution in [0.1, 0.15) is 36.0 Å². The van der Waals surface area contributed by atoms with Crippen LogP contribution in [0.3, 0.4) is 0 Å². The highest BCUT2D eigenvalue weighted by atomic mass is 16.5. The zero-order chi connectivity index (χ0) is 18.3. The average molecular weight is 350 g/mol. The number of hydrogen-bond donors (Lipinski definition) is 0. The van der Waals surface area contributed by atoms with Gasteiger partial charge in [0, 0.05) is 25.2 Å². The van der Waals surface area contributed by atoms with E-state index in [9.17, 15) is 4.79 Å². The Morgan fingerprint density at radius 3 is 2.69 bits per heavy atom. The molecular formula is C22H26N2O2. The highest BCUT2D eigenvalue weighted by molar-refractivity contribution is 5.76. The van der Waals surface area contributed by atoms with Gasteiger partial charge in [0.1, 0.15) is 5.75 Å². The van der Waals surface area contributed by atoms with Gasteiger partial charge in [-0.25, -0.2) is 0 Å². The highest BCUT2D eigenvalue weighted by Gasteiger charge is 2.43. The number of likely N-dealkylation sites (tertiary alicyclic amines) is 1. The van der Waals surface area contributed by atoms with Crippen molar-refractivity contribution < 1.29 is 9.53 Å². The van der Waals surface area contributed by atoms with Crippen molar-refractivity contribution in [3.8, 4) is 5.75 Å². The Balaban J connectivity index is 1.51. The number of carbonyl (C=O) groups excluding carboxylic acids is 1. The lowest BCUT2D eigenvalue weighted by atomic mass is 9.98. The van der Waals surface area contributed by atoms with Crippen LogP contribution in [0, 0.1) is 0 Å². The van der Waals surface area contributed by atoms with Crippen LogP contribution in [-0.2, 0) is 17.6 Å². The van der Waals surface area contributed by atoms with Gasteiger partial charge in [-0.1, -0.05) is 31.2 Å². The molecule has 1 fully saturated rings. The van der Waals surface area contributed by atoms with Gasteiger partial charge in [0.2, 0.25) is 0 Å². The molecule has 26 heavy (non-hydrogen) atoms. The molecule has 4 nitrogen and oxygen atoms in total. The summed E-state index contributed by atoms with van der Waals surface area (Å²) in [6, 6.07) is 14.1. The number of ether oxygens (including phenoxy) is 1. The summed E-state index contributed by atoms with van der Waals surface area (Å²) in [6.07, 6.45) is 2.81. The number of fused-ring (bicyclic) bond motifs is 3. The second-order valence-corrected chi connectivity index (χ2v) is 7.39. The second-order valence-electron chi connectivity index (χ2n) is 7.39. The van der Waals surface area contributed by atoms with Crippen molar-refractivity contribution in [2.75, 3.05) is 25.5 Å². The molecule has 0 bridgehead atoms. The summed E-state index contributed by atoms with van der Waals surface area (Å²) in [6.45, 7) is 3.22. The molecule has 2 heterocycles. The van der Waals surface area contributed by atoms with Crippen molar-refractivity contribution in [3.05, 3.63) is 59.2 Å². The van der Waals surface area contributed by atoms with E-state index in [2.05, 4.69) is 49.0 Å². The molecule has 0 aliphatic carbocycles. The summed E-state index contributed by atoms with van der Waals surface area (Å²) in [5, 5.41) is 0. The third kappa shape index (κ3) is 2.88. The fourth-order valence-electron chi connectivity index (χ4n) is 4.57. The summed E-state index contributed by atoms with van der Waals surface area (Å²) in [4.78, 5) is 17.2. The van der Waals surface area contributed by atoms with Gasteiger partial charge >= 0.3 is 5.97 Å². The minimum Gasteiger partial charge on any atom is -0.426 e. The van der Waals surface area contributed by atoms with E-state index in [1.807, 2.05) is 24.3 Å². The van der Waals surface area contributed by atoms with Crippen LogP contribution in [0.5, 0.6) is 5.75 Å². The molecule has 0 N–H and O–H groups in total. The zero-order valence-corrected chi connectivity index (χ0v) is 15.7. The molecule has 2 atom stereocenters. The molecular weight excluding hydrogens is 324 g/mol. The number of rotatable bonds is 4. The van der Waals surface area contributed by atoms with Gasteiger partial charge in [-0.3, -0.25) is 9.69 Å². The molecule has 0 aromatic heterocycles. The van der Waals surface area contributed by atoms with E-state index in [-0.39, 0.29) is 5.97 Å². The Bertz CT molecular complexity index is 833. The molecule has 4 heteroatoms. The van der Waals surface area contributed by atoms with Crippen LogP contribution in [0.2, 0.25) is 0 Å². The molecule has 4 rings (SSSR count). The molecule has 136 valence electrons. The maximum absolute atomic E-state index is 12.5. The van der Waals surface area contributed by atoms with Crippen LogP contribution in [0.15, 0.2) is 42.5 Å². The van der Waals surface area contributed by atoms with Crippen molar-refractivity contribution >= 4 is 11.7 Å². The lowest BCUT2D eigenvalue weighted by molar-refractivity contribution is -0.133. The Kier molecular flexibility index (Phi) is 4.45. The number of hydrogen-bond acceptors (Lipinski definition) is 4. The zero-order valence-electron chi connectivity index (χ0n) is 15.7. The summed E-state index contributed by atoms with van der Waals surface area (Å²) < 4.78 is 5.68. The Morgan fingerprint density at radius 2 is 1.92 bits per heavy atom. The largest absolute Gasteiger partial charge is 0.426 e. The number of anilines is 1. The molecule has 0 radical (unpaired) electrons. The number of esters is 1. The monoisotopic (exact) mass is 350 g/mol. The third-order valence-electron chi connectivity index (χ3n) is 5.85. The van der Waals surface area contributed by atoms with Crippen LogP contribution < -0.4 is 9.64 Å². The van der Waals surface area contributed by atoms with Gasteiger partial charge < -0.3 is 9.64 Å². The molecule has 2 aliphatic rings. The summed E-state index contributed by atoms with van der Waals surface area (Å²) in [5.74, 6) is 0.961. The Morgan fingerprint density at radius 1 is 1.15 bits per heavy atom. The SMILES string of the molecule is CCc1ccccc1CC(=O)Oc1ccc2c(c1)C1CCN(C)C1N2C. The molecule has 2 aromatic rings. The number of aryl methyl sites for hydroxylation is 1. The van der Waals surface area contributed by atoms with Gasteiger partial charge in [-0.2, -0.15) is 0 Å². The van der Waals surface area contributed by atoms with E-state index in [0.717, 1.165) is 24.9 Å². The van der Waals surface area contributed by atoms with E-state index in [1.165, 1.54) is 16.8 Å². The van der Waals surface area contributed by atoms with Crippen molar-refractivity contribution in [1.29, 1.82) is 0 Å². The van der Waals surface area contributed by atoms with Crippen LogP contribution >= 0.6 is 0 Å². The first-order valence-electron chi connectivity index (χ1n) is 9.43. The van der Waals surface area contributed by atoms with Crippen LogP contribution in [0.25, 0.3) is 0 Å². The molecule has 0 saturated carbocycles. The van der Waals surface area contributed by atoms with Crippen molar-refractivity contribution in [3.63, 3.8) is 0 Å². The topological polar surface area (TPSA) is 32.8 Å². The van der Waals surface area contributed by atoms with Gasteiger partial charge in [-0.15, -0.1) is 0 Å². The number of benzene rings is 2. The van der Waals surface area contributed by atoms with Crippen molar-refractivity contribution in [2.24, 2.45) is 0 Å². The summed E-state index contributed by atoms with van der Waals surface area (Å²) >= 11 is 0. The molecule has 0 spiro atoms. The molecule has 2 aromatic carbocycles. The quantitative estimate of drug-likeness (QED) is 0.623. The first kappa shape index (κ1) is 17.1. The normalized spacial score (nSPS) is 21.6. The summed E-state index contributed by atoms with van der Waals surface area (Å²) in [5.41, 5.74) is 4.82. The lowest BCUT2D eigenvalue weighted by Crippen LogP contribution is -2.39. The second kappa shape index (κ2) is 6.76. The van der Waals surface area contributed by atoms with E-state index in [4.69, 9.17) is 4.74 Å². The smallest absolute Gasteiger partial charge is 0.315 e. The summed E-state index contributed by atoms with van der Waals surface area (Å²) in [7, 11) is 4.33. The fourth-order valence-corrected chi connectivity index (χ4v) is 4.57. The lowest BCUT2D eigenvalue weighted by Gasteiger charge is -2.28. The van der Waals surface area contributed by atoms with E-state index in [0.29, 0.717) is 24.3 Å². The first-order chi connectivity index (χ1) is 12.6. The van der Waals surface area contributed by atoms with Crippen molar-refractivity contribution in [2.45, 2.75) is 38.3 Å². The van der Waals surface area contributed by atoms with Gasteiger partial charge in [0.15, 0.2) is 0 Å². The molecule has 1 saturated heterocycles. The predicted molar refractivity (Wildman–Crippen MR) is 104 cm³/mol. The minimum absolute atomic E-state index is 0.197. The predicted octanol–water partition coefficient (Wildman–Crippen LogP) is 3.59. The maximum atomic E-state index is 12.5. The number of carbonyl (C=O) groups is 1. The van der Waals surface area contributed by atoms with Crippen LogP contribution in [0.4, 0.5) is 5.69 Å². The van der Waals surface area contributed by atoms with Gasteiger partial charge in [0.25, 0.3) is 0 Å². The highest BCUT2D eigenvalue weighted by Crippen LogP contribution is 2.47. The van der Waals surface area contributed by atoms with Crippen LogP contribution in [-0.4, -0.2) is 37.7 Å². The van der Waals surface area contributed by atoms with Gasteiger partial charge in [0.05, 0.1) is 12.6 Å². The maximum Gasteiger partial charge on any atom is 0.315 e. The Labute approximate surface area is 155 Å².